The van der Waals surface area contributed by atoms with Crippen molar-refractivity contribution in [2.24, 2.45) is 0 Å². The van der Waals surface area contributed by atoms with Gasteiger partial charge in [0.15, 0.2) is 11.5 Å². The summed E-state index contributed by atoms with van der Waals surface area (Å²) in [6.45, 7) is 2.55. The molecule has 10 heteroatoms. The Bertz CT molecular complexity index is 1360. The number of hydrogen-bond acceptors (Lipinski definition) is 6. The predicted molar refractivity (Wildman–Crippen MR) is 137 cm³/mol. The number of fused-ring (bicyclic) bond motifs is 1. The first-order valence-electron chi connectivity index (χ1n) is 11.3. The smallest absolute Gasteiger partial charge is 0.253 e. The first-order valence-corrected chi connectivity index (χ1v) is 13.2. The summed E-state index contributed by atoms with van der Waals surface area (Å²) in [5.74, 6) is -0.0562. The van der Waals surface area contributed by atoms with E-state index < -0.39 is 22.0 Å². The SMILES string of the molecule is C[C@H](C(=O)Nc1ccccc1C(=O)NCc1ccccc1)N(c1ccc2c(c1)OCCO2)S(C)(=O)=O. The zero-order valence-electron chi connectivity index (χ0n) is 19.9. The Morgan fingerprint density at radius 3 is 2.33 bits per heavy atom. The summed E-state index contributed by atoms with van der Waals surface area (Å²) in [5, 5.41) is 5.55. The van der Waals surface area contributed by atoms with Crippen molar-refractivity contribution in [3.63, 3.8) is 0 Å². The lowest BCUT2D eigenvalue weighted by atomic mass is 10.1. The van der Waals surface area contributed by atoms with Crippen LogP contribution in [0, 0.1) is 0 Å². The van der Waals surface area contributed by atoms with Gasteiger partial charge in [-0.2, -0.15) is 0 Å². The van der Waals surface area contributed by atoms with Crippen molar-refractivity contribution in [3.8, 4) is 11.5 Å². The fourth-order valence-corrected chi connectivity index (χ4v) is 5.05. The molecule has 0 bridgehead atoms. The molecule has 1 aliphatic heterocycles. The molecule has 1 heterocycles. The van der Waals surface area contributed by atoms with Crippen molar-refractivity contribution in [1.29, 1.82) is 0 Å². The Morgan fingerprint density at radius 2 is 1.61 bits per heavy atom. The fraction of sp³-hybridized carbons (Fsp3) is 0.231. The van der Waals surface area contributed by atoms with E-state index in [1.165, 1.54) is 13.0 Å². The van der Waals surface area contributed by atoms with Gasteiger partial charge in [0.05, 0.1) is 23.2 Å². The summed E-state index contributed by atoms with van der Waals surface area (Å²) in [6, 6.07) is 19.6. The summed E-state index contributed by atoms with van der Waals surface area (Å²) in [4.78, 5) is 26.1. The average Bonchev–Trinajstić information content (AvgIpc) is 2.87. The van der Waals surface area contributed by atoms with E-state index in [9.17, 15) is 18.0 Å². The second kappa shape index (κ2) is 10.7. The molecule has 0 unspecified atom stereocenters. The molecular weight excluding hydrogens is 482 g/mol. The molecule has 1 aliphatic rings. The molecule has 0 aliphatic carbocycles. The maximum atomic E-state index is 13.2. The van der Waals surface area contributed by atoms with Gasteiger partial charge in [-0.05, 0) is 36.8 Å². The molecule has 9 nitrogen and oxygen atoms in total. The monoisotopic (exact) mass is 509 g/mol. The molecule has 0 saturated carbocycles. The number of amides is 2. The highest BCUT2D eigenvalue weighted by Gasteiger charge is 2.31. The Balaban J connectivity index is 1.53. The van der Waals surface area contributed by atoms with Crippen LogP contribution in [0.25, 0.3) is 0 Å². The number of nitrogens with one attached hydrogen (secondary N) is 2. The van der Waals surface area contributed by atoms with E-state index in [1.807, 2.05) is 30.3 Å². The van der Waals surface area contributed by atoms with Crippen LogP contribution in [0.2, 0.25) is 0 Å². The van der Waals surface area contributed by atoms with Crippen LogP contribution in [-0.4, -0.2) is 45.7 Å². The minimum Gasteiger partial charge on any atom is -0.486 e. The van der Waals surface area contributed by atoms with Crippen LogP contribution < -0.4 is 24.4 Å². The molecule has 36 heavy (non-hydrogen) atoms. The minimum atomic E-state index is -3.85. The molecule has 0 aromatic heterocycles. The molecule has 3 aromatic rings. The highest BCUT2D eigenvalue weighted by Crippen LogP contribution is 2.35. The molecule has 0 saturated heterocycles. The molecular formula is C26H27N3O6S. The van der Waals surface area contributed by atoms with Gasteiger partial charge in [0.1, 0.15) is 19.3 Å². The van der Waals surface area contributed by atoms with E-state index in [1.54, 1.807) is 36.4 Å². The molecule has 1 atom stereocenters. The number of anilines is 2. The highest BCUT2D eigenvalue weighted by atomic mass is 32.2. The first-order chi connectivity index (χ1) is 17.2. The van der Waals surface area contributed by atoms with Crippen LogP contribution >= 0.6 is 0 Å². The van der Waals surface area contributed by atoms with Crippen LogP contribution in [0.5, 0.6) is 11.5 Å². The minimum absolute atomic E-state index is 0.262. The lowest BCUT2D eigenvalue weighted by Crippen LogP contribution is -2.45. The number of para-hydroxylation sites is 1. The van der Waals surface area contributed by atoms with E-state index in [0.717, 1.165) is 16.1 Å². The zero-order chi connectivity index (χ0) is 25.7. The standard InChI is InChI=1S/C26H27N3O6S/c1-18(29(36(2,32)33)20-12-13-23-24(16-20)35-15-14-34-23)25(30)28-22-11-7-6-10-21(22)26(31)27-17-19-8-4-3-5-9-19/h3-13,16,18H,14-15,17H2,1-2H3,(H,27,31)(H,28,30)/t18-/m1/s1. The van der Waals surface area contributed by atoms with Crippen molar-refractivity contribution in [1.82, 2.24) is 5.32 Å². The van der Waals surface area contributed by atoms with Crippen molar-refractivity contribution < 1.29 is 27.5 Å². The maximum absolute atomic E-state index is 13.2. The van der Waals surface area contributed by atoms with Crippen LogP contribution in [0.1, 0.15) is 22.8 Å². The molecule has 0 radical (unpaired) electrons. The molecule has 2 N–H and O–H groups in total. The fourth-order valence-electron chi connectivity index (χ4n) is 3.88. The van der Waals surface area contributed by atoms with Gasteiger partial charge in [0, 0.05) is 12.6 Å². The van der Waals surface area contributed by atoms with E-state index in [0.29, 0.717) is 31.3 Å². The van der Waals surface area contributed by atoms with Gasteiger partial charge in [-0.1, -0.05) is 42.5 Å². The molecule has 4 rings (SSSR count). The van der Waals surface area contributed by atoms with Gasteiger partial charge in [-0.25, -0.2) is 8.42 Å². The second-order valence-corrected chi connectivity index (χ2v) is 10.1. The number of nitrogens with zero attached hydrogens (tertiary/aromatic N) is 1. The Morgan fingerprint density at radius 1 is 0.944 bits per heavy atom. The lowest BCUT2D eigenvalue weighted by Gasteiger charge is -2.29. The number of ether oxygens (including phenoxy) is 2. The van der Waals surface area contributed by atoms with E-state index >= 15 is 0 Å². The van der Waals surface area contributed by atoms with E-state index in [-0.39, 0.29) is 22.8 Å². The van der Waals surface area contributed by atoms with Gasteiger partial charge < -0.3 is 20.1 Å². The average molecular weight is 510 g/mol. The number of carbonyl (C=O) groups is 2. The molecule has 2 amide bonds. The Kier molecular flexibility index (Phi) is 7.44. The number of rotatable bonds is 8. The van der Waals surface area contributed by atoms with Crippen molar-refractivity contribution in [2.75, 3.05) is 29.1 Å². The number of sulfonamides is 1. The van der Waals surface area contributed by atoms with Crippen molar-refractivity contribution >= 4 is 33.2 Å². The predicted octanol–water partition coefficient (Wildman–Crippen LogP) is 3.18. The highest BCUT2D eigenvalue weighted by molar-refractivity contribution is 7.92. The number of benzene rings is 3. The molecule has 188 valence electrons. The van der Waals surface area contributed by atoms with Crippen LogP contribution in [0.15, 0.2) is 72.8 Å². The summed E-state index contributed by atoms with van der Waals surface area (Å²) in [5.41, 5.74) is 1.73. The summed E-state index contributed by atoms with van der Waals surface area (Å²) >= 11 is 0. The molecule has 0 spiro atoms. The molecule has 3 aromatic carbocycles. The van der Waals surface area contributed by atoms with Crippen LogP contribution in [-0.2, 0) is 21.4 Å². The quantitative estimate of drug-likeness (QED) is 0.482. The number of hydrogen-bond donors (Lipinski definition) is 2. The van der Waals surface area contributed by atoms with Crippen molar-refractivity contribution in [3.05, 3.63) is 83.9 Å². The summed E-state index contributed by atoms with van der Waals surface area (Å²) in [7, 11) is -3.85. The van der Waals surface area contributed by atoms with Gasteiger partial charge in [-0.3, -0.25) is 13.9 Å². The van der Waals surface area contributed by atoms with E-state index in [2.05, 4.69) is 10.6 Å². The largest absolute Gasteiger partial charge is 0.486 e. The van der Waals surface area contributed by atoms with Gasteiger partial charge >= 0.3 is 0 Å². The molecule has 0 fully saturated rings. The maximum Gasteiger partial charge on any atom is 0.253 e. The van der Waals surface area contributed by atoms with Gasteiger partial charge in [0.2, 0.25) is 15.9 Å². The third-order valence-electron chi connectivity index (χ3n) is 5.59. The summed E-state index contributed by atoms with van der Waals surface area (Å²) in [6.07, 6.45) is 1.03. The topological polar surface area (TPSA) is 114 Å². The Hall–Kier alpha value is -4.05. The lowest BCUT2D eigenvalue weighted by molar-refractivity contribution is -0.116. The normalized spacial score (nSPS) is 13.4. The first kappa shape index (κ1) is 25.1. The third-order valence-corrected chi connectivity index (χ3v) is 6.84. The Labute approximate surface area is 210 Å². The second-order valence-electron chi connectivity index (χ2n) is 8.27. The number of carbonyl (C=O) groups excluding carboxylic acids is 2. The van der Waals surface area contributed by atoms with Crippen LogP contribution in [0.3, 0.4) is 0 Å². The van der Waals surface area contributed by atoms with Gasteiger partial charge in [-0.15, -0.1) is 0 Å². The van der Waals surface area contributed by atoms with Crippen molar-refractivity contribution in [2.45, 2.75) is 19.5 Å². The zero-order valence-corrected chi connectivity index (χ0v) is 20.7. The summed E-state index contributed by atoms with van der Waals surface area (Å²) < 4.78 is 37.5. The van der Waals surface area contributed by atoms with E-state index in [4.69, 9.17) is 9.47 Å². The van der Waals surface area contributed by atoms with Crippen LogP contribution in [0.4, 0.5) is 11.4 Å². The van der Waals surface area contributed by atoms with Gasteiger partial charge in [0.25, 0.3) is 5.91 Å². The third kappa shape index (κ3) is 5.77.